The van der Waals surface area contributed by atoms with Gasteiger partial charge in [-0.25, -0.2) is 8.78 Å². The summed E-state index contributed by atoms with van der Waals surface area (Å²) in [5, 5.41) is 0. The lowest BCUT2D eigenvalue weighted by Crippen LogP contribution is -2.35. The third-order valence-electron chi connectivity index (χ3n) is 3.27. The van der Waals surface area contributed by atoms with Crippen molar-refractivity contribution in [2.45, 2.75) is 32.4 Å². The maximum atomic E-state index is 13.9. The van der Waals surface area contributed by atoms with E-state index in [9.17, 15) is 13.6 Å². The molecule has 0 amide bonds. The molecule has 1 aliphatic heterocycles. The summed E-state index contributed by atoms with van der Waals surface area (Å²) in [6, 6.07) is 9.39. The van der Waals surface area contributed by atoms with Crippen molar-refractivity contribution < 1.29 is 18.3 Å². The summed E-state index contributed by atoms with van der Waals surface area (Å²) in [6.45, 7) is 3.37. The molecule has 1 aliphatic rings. The van der Waals surface area contributed by atoms with Gasteiger partial charge >= 0.3 is 5.97 Å². The van der Waals surface area contributed by atoms with Crippen LogP contribution in [0.4, 0.5) is 8.78 Å². The van der Waals surface area contributed by atoms with Crippen molar-refractivity contribution in [2.75, 3.05) is 13.1 Å². The molecule has 0 aliphatic carbocycles. The zero-order valence-corrected chi connectivity index (χ0v) is 11.7. The van der Waals surface area contributed by atoms with Gasteiger partial charge in [-0.2, -0.15) is 0 Å². The number of likely N-dealkylation sites (tertiary alicyclic amines) is 1. The Hall–Kier alpha value is -1.49. The topological polar surface area (TPSA) is 29.5 Å². The van der Waals surface area contributed by atoms with E-state index in [-0.39, 0.29) is 12.6 Å². The van der Waals surface area contributed by atoms with Gasteiger partial charge in [0, 0.05) is 13.1 Å². The second-order valence-electron chi connectivity index (χ2n) is 5.45. The molecule has 1 aromatic carbocycles. The lowest BCUT2D eigenvalue weighted by Gasteiger charge is -2.17. The Balaban J connectivity index is 2.01. The van der Waals surface area contributed by atoms with E-state index in [0.29, 0.717) is 6.54 Å². The molecule has 0 aromatic heterocycles. The molecule has 1 unspecified atom stereocenters. The van der Waals surface area contributed by atoms with E-state index in [1.807, 2.05) is 30.3 Å². The Labute approximate surface area is 117 Å². The van der Waals surface area contributed by atoms with Crippen LogP contribution in [-0.2, 0) is 16.1 Å². The zero-order valence-electron chi connectivity index (χ0n) is 11.7. The third-order valence-corrected chi connectivity index (χ3v) is 3.27. The van der Waals surface area contributed by atoms with Gasteiger partial charge in [-0.1, -0.05) is 30.3 Å². The van der Waals surface area contributed by atoms with Crippen LogP contribution in [-0.4, -0.2) is 36.0 Å². The fourth-order valence-corrected chi connectivity index (χ4v) is 2.39. The molecule has 0 spiro atoms. The highest BCUT2D eigenvalue weighted by Crippen LogP contribution is 2.34. The molecule has 110 valence electrons. The zero-order chi connectivity index (χ0) is 14.8. The highest BCUT2D eigenvalue weighted by molar-refractivity contribution is 5.74. The summed E-state index contributed by atoms with van der Waals surface area (Å²) in [4.78, 5) is 13.3. The van der Waals surface area contributed by atoms with Crippen LogP contribution in [0.2, 0.25) is 0 Å². The molecular formula is C15H19F2NO2. The minimum Gasteiger partial charge on any atom is -0.463 e. The average molecular weight is 283 g/mol. The molecule has 3 nitrogen and oxygen atoms in total. The summed E-state index contributed by atoms with van der Waals surface area (Å²) < 4.78 is 32.8. The van der Waals surface area contributed by atoms with Crippen LogP contribution >= 0.6 is 0 Å². The minimum atomic E-state index is -3.03. The maximum absolute atomic E-state index is 13.9. The van der Waals surface area contributed by atoms with Crippen molar-refractivity contribution in [3.8, 4) is 0 Å². The number of hydrogen-bond donors (Lipinski definition) is 0. The van der Waals surface area contributed by atoms with E-state index in [1.165, 1.54) is 0 Å². The van der Waals surface area contributed by atoms with Gasteiger partial charge in [-0.05, 0) is 19.4 Å². The molecule has 1 aromatic rings. The molecule has 1 fully saturated rings. The number of carbonyl (C=O) groups is 1. The highest BCUT2D eigenvalue weighted by Gasteiger charge is 2.52. The molecule has 1 heterocycles. The predicted molar refractivity (Wildman–Crippen MR) is 71.4 cm³/mol. The lowest BCUT2D eigenvalue weighted by atomic mass is 10.1. The Morgan fingerprint density at radius 2 is 2.05 bits per heavy atom. The van der Waals surface area contributed by atoms with Gasteiger partial charge in [0.05, 0.1) is 12.6 Å². The first-order valence-electron chi connectivity index (χ1n) is 6.73. The van der Waals surface area contributed by atoms with Gasteiger partial charge in [0.25, 0.3) is 5.92 Å². The van der Waals surface area contributed by atoms with E-state index in [1.54, 1.807) is 18.7 Å². The Morgan fingerprint density at radius 3 is 2.65 bits per heavy atom. The largest absolute Gasteiger partial charge is 0.463 e. The fraction of sp³-hybridized carbons (Fsp3) is 0.533. The molecule has 0 N–H and O–H groups in total. The Kier molecular flexibility index (Phi) is 4.38. The number of rotatable bonds is 4. The summed E-state index contributed by atoms with van der Waals surface area (Å²) in [5.41, 5.74) is 0.959. The normalized spacial score (nSPS) is 22.1. The second kappa shape index (κ2) is 5.87. The fourth-order valence-electron chi connectivity index (χ4n) is 2.39. The lowest BCUT2D eigenvalue weighted by molar-refractivity contribution is -0.161. The van der Waals surface area contributed by atoms with Gasteiger partial charge in [0.15, 0.2) is 0 Å². The summed E-state index contributed by atoms with van der Waals surface area (Å²) >= 11 is 0. The van der Waals surface area contributed by atoms with Gasteiger partial charge in [-0.3, -0.25) is 9.69 Å². The number of hydrogen-bond acceptors (Lipinski definition) is 3. The van der Waals surface area contributed by atoms with Crippen LogP contribution in [0.15, 0.2) is 30.3 Å². The van der Waals surface area contributed by atoms with Crippen LogP contribution in [0.5, 0.6) is 0 Å². The molecule has 0 radical (unpaired) electrons. The van der Waals surface area contributed by atoms with E-state index in [2.05, 4.69) is 0 Å². The standard InChI is InChI=1S/C15H19F2NO2/c1-11(2)20-14(19)13-9-18(10-15(13,16)17)8-12-6-4-3-5-7-12/h3-7,11,13H,8-10H2,1-2H3. The van der Waals surface area contributed by atoms with Crippen LogP contribution in [0.25, 0.3) is 0 Å². The number of benzene rings is 1. The van der Waals surface area contributed by atoms with Crippen LogP contribution in [0.1, 0.15) is 19.4 Å². The summed E-state index contributed by atoms with van der Waals surface area (Å²) in [5.74, 6) is -5.20. The van der Waals surface area contributed by atoms with Crippen LogP contribution in [0.3, 0.4) is 0 Å². The predicted octanol–water partition coefficient (Wildman–Crippen LogP) is 2.71. The van der Waals surface area contributed by atoms with Gasteiger partial charge in [-0.15, -0.1) is 0 Å². The van der Waals surface area contributed by atoms with E-state index in [4.69, 9.17) is 4.74 Å². The molecule has 1 saturated heterocycles. The van der Waals surface area contributed by atoms with E-state index >= 15 is 0 Å². The SMILES string of the molecule is CC(C)OC(=O)C1CN(Cc2ccccc2)CC1(F)F. The molecule has 1 atom stereocenters. The first-order valence-corrected chi connectivity index (χ1v) is 6.73. The molecule has 0 bridgehead atoms. The van der Waals surface area contributed by atoms with Crippen molar-refractivity contribution in [1.29, 1.82) is 0 Å². The Bertz CT molecular complexity index is 462. The molecule has 2 rings (SSSR count). The minimum absolute atomic E-state index is 0.0352. The monoisotopic (exact) mass is 283 g/mol. The van der Waals surface area contributed by atoms with Crippen LogP contribution < -0.4 is 0 Å². The first-order chi connectivity index (χ1) is 9.38. The molecule has 0 saturated carbocycles. The van der Waals surface area contributed by atoms with Crippen molar-refractivity contribution in [2.24, 2.45) is 5.92 Å². The number of halogens is 2. The van der Waals surface area contributed by atoms with Crippen LogP contribution in [0, 0.1) is 5.92 Å². The van der Waals surface area contributed by atoms with Gasteiger partial charge in [0.1, 0.15) is 5.92 Å². The first kappa shape index (κ1) is 14.9. The average Bonchev–Trinajstić information content (AvgIpc) is 2.64. The smallest absolute Gasteiger partial charge is 0.316 e. The van der Waals surface area contributed by atoms with E-state index < -0.39 is 24.4 Å². The van der Waals surface area contributed by atoms with Crippen molar-refractivity contribution >= 4 is 5.97 Å². The quantitative estimate of drug-likeness (QED) is 0.796. The maximum Gasteiger partial charge on any atom is 0.316 e. The van der Waals surface area contributed by atoms with Crippen molar-refractivity contribution in [1.82, 2.24) is 4.90 Å². The number of nitrogens with zero attached hydrogens (tertiary/aromatic N) is 1. The highest BCUT2D eigenvalue weighted by atomic mass is 19.3. The summed E-state index contributed by atoms with van der Waals surface area (Å²) in [7, 11) is 0. The summed E-state index contributed by atoms with van der Waals surface area (Å²) in [6.07, 6.45) is -0.374. The molecule has 20 heavy (non-hydrogen) atoms. The van der Waals surface area contributed by atoms with Gasteiger partial charge < -0.3 is 4.74 Å². The van der Waals surface area contributed by atoms with Crippen molar-refractivity contribution in [3.05, 3.63) is 35.9 Å². The second-order valence-corrected chi connectivity index (χ2v) is 5.45. The molecular weight excluding hydrogens is 264 g/mol. The van der Waals surface area contributed by atoms with Gasteiger partial charge in [0.2, 0.25) is 0 Å². The van der Waals surface area contributed by atoms with E-state index in [0.717, 1.165) is 5.56 Å². The number of esters is 1. The van der Waals surface area contributed by atoms with Crippen molar-refractivity contribution in [3.63, 3.8) is 0 Å². The Morgan fingerprint density at radius 1 is 1.40 bits per heavy atom. The molecule has 5 heteroatoms. The number of ether oxygens (including phenoxy) is 1. The number of alkyl halides is 2. The number of carbonyl (C=O) groups excluding carboxylic acids is 1. The third kappa shape index (κ3) is 3.54.